The standard InChI is InChI=1S/C22H33NO10/c1-28-18(24)8-11-31-14-22(15-32-12-9-19(25)29-2,16-33-13-10-20(26)30-3)23-21(27)17-6-4-5-7-17/h4-7,17H,8-16H2,1-3H3,(H,23,27). The Hall–Kier alpha value is -2.76. The first-order valence-corrected chi connectivity index (χ1v) is 10.5. The third-order valence-corrected chi connectivity index (χ3v) is 4.61. The van der Waals surface area contributed by atoms with Gasteiger partial charge in [-0.1, -0.05) is 24.3 Å². The van der Waals surface area contributed by atoms with E-state index >= 15 is 0 Å². The summed E-state index contributed by atoms with van der Waals surface area (Å²) >= 11 is 0. The normalized spacial score (nSPS) is 13.1. The van der Waals surface area contributed by atoms with Crippen LogP contribution in [0.25, 0.3) is 0 Å². The third kappa shape index (κ3) is 11.6. The summed E-state index contributed by atoms with van der Waals surface area (Å²) in [7, 11) is 3.83. The molecule has 0 spiro atoms. The van der Waals surface area contributed by atoms with Gasteiger partial charge in [-0.05, 0) is 0 Å². The molecule has 11 heteroatoms. The summed E-state index contributed by atoms with van der Waals surface area (Å²) in [6.07, 6.45) is 7.07. The molecule has 0 aromatic carbocycles. The first kappa shape index (κ1) is 28.3. The molecule has 186 valence electrons. The number of rotatable bonds is 17. The van der Waals surface area contributed by atoms with Gasteiger partial charge in [-0.3, -0.25) is 19.2 Å². The second kappa shape index (κ2) is 15.9. The second-order valence-corrected chi connectivity index (χ2v) is 7.20. The summed E-state index contributed by atoms with van der Waals surface area (Å²) in [4.78, 5) is 46.9. The van der Waals surface area contributed by atoms with E-state index in [1.165, 1.54) is 21.3 Å². The van der Waals surface area contributed by atoms with Crippen LogP contribution in [0.4, 0.5) is 0 Å². The summed E-state index contributed by atoms with van der Waals surface area (Å²) in [5.74, 6) is -2.08. The molecule has 0 aromatic heterocycles. The molecule has 0 heterocycles. The first-order valence-electron chi connectivity index (χ1n) is 10.5. The van der Waals surface area contributed by atoms with Crippen LogP contribution in [0.5, 0.6) is 0 Å². The highest BCUT2D eigenvalue weighted by atomic mass is 16.5. The molecule has 0 aliphatic heterocycles. The Morgan fingerprint density at radius 2 is 1.06 bits per heavy atom. The molecule has 11 nitrogen and oxygen atoms in total. The second-order valence-electron chi connectivity index (χ2n) is 7.20. The van der Waals surface area contributed by atoms with Crippen LogP contribution in [0.15, 0.2) is 24.3 Å². The predicted molar refractivity (Wildman–Crippen MR) is 115 cm³/mol. The highest BCUT2D eigenvalue weighted by Gasteiger charge is 2.35. The van der Waals surface area contributed by atoms with Gasteiger partial charge >= 0.3 is 17.9 Å². The maximum Gasteiger partial charge on any atom is 0.307 e. The summed E-state index contributed by atoms with van der Waals surface area (Å²) in [5, 5.41) is 2.91. The molecular formula is C22H33NO10. The number of amides is 1. The van der Waals surface area contributed by atoms with E-state index < -0.39 is 29.4 Å². The van der Waals surface area contributed by atoms with Gasteiger partial charge < -0.3 is 33.7 Å². The molecule has 1 N–H and O–H groups in total. The largest absolute Gasteiger partial charge is 0.469 e. The summed E-state index contributed by atoms with van der Waals surface area (Å²) in [5.41, 5.74) is -1.15. The number of carbonyl (C=O) groups is 4. The lowest BCUT2D eigenvalue weighted by Crippen LogP contribution is -2.59. The van der Waals surface area contributed by atoms with Crippen LogP contribution in [-0.4, -0.2) is 90.3 Å². The van der Waals surface area contributed by atoms with E-state index in [4.69, 9.17) is 14.2 Å². The van der Waals surface area contributed by atoms with Gasteiger partial charge in [0.15, 0.2) is 0 Å². The third-order valence-electron chi connectivity index (χ3n) is 4.61. The van der Waals surface area contributed by atoms with E-state index in [1.807, 2.05) is 0 Å². The monoisotopic (exact) mass is 471 g/mol. The fourth-order valence-corrected chi connectivity index (χ4v) is 2.76. The number of allylic oxidation sites excluding steroid dienone is 2. The van der Waals surface area contributed by atoms with Gasteiger partial charge in [-0.15, -0.1) is 0 Å². The van der Waals surface area contributed by atoms with Crippen LogP contribution in [0.2, 0.25) is 0 Å². The SMILES string of the molecule is COC(=O)CCOCC(COCCC(=O)OC)(COCCC(=O)OC)NC(=O)C1C=CC=C1. The molecule has 1 rings (SSSR count). The van der Waals surface area contributed by atoms with E-state index in [-0.39, 0.29) is 64.8 Å². The zero-order chi connectivity index (χ0) is 24.5. The molecule has 33 heavy (non-hydrogen) atoms. The fraction of sp³-hybridized carbons (Fsp3) is 0.636. The molecule has 0 saturated carbocycles. The lowest BCUT2D eigenvalue weighted by molar-refractivity contribution is -0.143. The molecule has 0 radical (unpaired) electrons. The van der Waals surface area contributed by atoms with Crippen molar-refractivity contribution in [3.05, 3.63) is 24.3 Å². The van der Waals surface area contributed by atoms with Crippen LogP contribution in [0.1, 0.15) is 19.3 Å². The Labute approximate surface area is 193 Å². The number of ether oxygens (including phenoxy) is 6. The summed E-state index contributed by atoms with van der Waals surface area (Å²) in [6.45, 7) is 0.0124. The molecule has 0 aromatic rings. The number of hydrogen-bond donors (Lipinski definition) is 1. The molecule has 0 saturated heterocycles. The number of esters is 3. The zero-order valence-electron chi connectivity index (χ0n) is 19.3. The molecule has 1 aliphatic carbocycles. The fourth-order valence-electron chi connectivity index (χ4n) is 2.76. The van der Waals surface area contributed by atoms with E-state index in [0.29, 0.717) is 0 Å². The van der Waals surface area contributed by atoms with Gasteiger partial charge in [0.2, 0.25) is 5.91 Å². The Balaban J connectivity index is 2.87. The Bertz CT molecular complexity index is 631. The minimum absolute atomic E-state index is 0.0288. The number of hydrogen-bond acceptors (Lipinski definition) is 10. The number of methoxy groups -OCH3 is 3. The molecule has 0 atom stereocenters. The van der Waals surface area contributed by atoms with Crippen LogP contribution in [-0.2, 0) is 47.6 Å². The minimum atomic E-state index is -1.15. The van der Waals surface area contributed by atoms with Crippen molar-refractivity contribution < 1.29 is 47.6 Å². The van der Waals surface area contributed by atoms with E-state index in [2.05, 4.69) is 19.5 Å². The van der Waals surface area contributed by atoms with E-state index in [1.54, 1.807) is 24.3 Å². The maximum atomic E-state index is 12.8. The molecule has 0 unspecified atom stereocenters. The number of carbonyl (C=O) groups excluding carboxylic acids is 4. The van der Waals surface area contributed by atoms with Crippen LogP contribution >= 0.6 is 0 Å². The van der Waals surface area contributed by atoms with Crippen molar-refractivity contribution in [3.8, 4) is 0 Å². The first-order chi connectivity index (χ1) is 15.9. The van der Waals surface area contributed by atoms with Crippen molar-refractivity contribution in [1.29, 1.82) is 0 Å². The van der Waals surface area contributed by atoms with E-state index in [0.717, 1.165) is 0 Å². The smallest absolute Gasteiger partial charge is 0.307 e. The average Bonchev–Trinajstić information content (AvgIpc) is 3.37. The molecule has 0 fully saturated rings. The van der Waals surface area contributed by atoms with Crippen molar-refractivity contribution in [2.75, 3.05) is 61.0 Å². The summed E-state index contributed by atoms with van der Waals surface area (Å²) in [6, 6.07) is 0. The van der Waals surface area contributed by atoms with E-state index in [9.17, 15) is 19.2 Å². The Morgan fingerprint density at radius 1 is 0.697 bits per heavy atom. The van der Waals surface area contributed by atoms with Crippen molar-refractivity contribution in [2.45, 2.75) is 24.8 Å². The Morgan fingerprint density at radius 3 is 1.39 bits per heavy atom. The summed E-state index contributed by atoms with van der Waals surface area (Å²) < 4.78 is 30.7. The van der Waals surface area contributed by atoms with Gasteiger partial charge in [0.05, 0.1) is 86.2 Å². The highest BCUT2D eigenvalue weighted by molar-refractivity contribution is 5.83. The highest BCUT2D eigenvalue weighted by Crippen LogP contribution is 2.15. The minimum Gasteiger partial charge on any atom is -0.469 e. The van der Waals surface area contributed by atoms with Crippen molar-refractivity contribution >= 4 is 23.8 Å². The molecule has 1 aliphatic rings. The van der Waals surface area contributed by atoms with Gasteiger partial charge in [0.1, 0.15) is 5.54 Å². The average molecular weight is 472 g/mol. The predicted octanol–water partition coefficient (Wildman–Crippen LogP) is 0.323. The molecular weight excluding hydrogens is 438 g/mol. The lowest BCUT2D eigenvalue weighted by atomic mass is 10.0. The van der Waals surface area contributed by atoms with Gasteiger partial charge in [0, 0.05) is 0 Å². The number of nitrogens with one attached hydrogen (secondary N) is 1. The van der Waals surface area contributed by atoms with Crippen molar-refractivity contribution in [3.63, 3.8) is 0 Å². The van der Waals surface area contributed by atoms with Crippen molar-refractivity contribution in [1.82, 2.24) is 5.32 Å². The van der Waals surface area contributed by atoms with Crippen molar-refractivity contribution in [2.24, 2.45) is 5.92 Å². The topological polar surface area (TPSA) is 136 Å². The van der Waals surface area contributed by atoms with Crippen LogP contribution < -0.4 is 5.32 Å². The van der Waals surface area contributed by atoms with Gasteiger partial charge in [-0.2, -0.15) is 0 Å². The van der Waals surface area contributed by atoms with Gasteiger partial charge in [-0.25, -0.2) is 0 Å². The van der Waals surface area contributed by atoms with Gasteiger partial charge in [0.25, 0.3) is 0 Å². The molecule has 1 amide bonds. The van der Waals surface area contributed by atoms with Crippen LogP contribution in [0.3, 0.4) is 0 Å². The van der Waals surface area contributed by atoms with Crippen LogP contribution in [0, 0.1) is 5.92 Å². The Kier molecular flexibility index (Phi) is 13.7. The maximum absolute atomic E-state index is 12.8. The lowest BCUT2D eigenvalue weighted by Gasteiger charge is -2.35. The quantitative estimate of drug-likeness (QED) is 0.179. The molecule has 0 bridgehead atoms. The zero-order valence-corrected chi connectivity index (χ0v) is 19.3.